The van der Waals surface area contributed by atoms with Gasteiger partial charge in [0, 0.05) is 12.6 Å². The fraction of sp³-hybridized carbons (Fsp3) is 1.00. The summed E-state index contributed by atoms with van der Waals surface area (Å²) >= 11 is 0. The number of nitrogens with two attached hydrogens (primary N) is 1. The fourth-order valence-corrected chi connectivity index (χ4v) is 0.756. The number of nitrogens with zero attached hydrogens (tertiary/aromatic N) is 1. The van der Waals surface area contributed by atoms with E-state index in [4.69, 9.17) is 5.73 Å². The van der Waals surface area contributed by atoms with Crippen LogP contribution in [0.5, 0.6) is 0 Å². The molecule has 0 rings (SSSR count). The molecule has 4 heteroatoms. The van der Waals surface area contributed by atoms with Crippen LogP contribution in [0, 0.1) is 4.91 Å². The molecule has 0 aliphatic heterocycles. The SMILES string of the molecule is CC(N)CCNCC(C)(C)N=O. The van der Waals surface area contributed by atoms with Crippen molar-refractivity contribution < 1.29 is 0 Å². The highest BCUT2D eigenvalue weighted by atomic mass is 16.3. The molecule has 0 aromatic heterocycles. The maximum atomic E-state index is 10.2. The zero-order chi connectivity index (χ0) is 9.61. The van der Waals surface area contributed by atoms with Crippen LogP contribution in [0.1, 0.15) is 27.2 Å². The smallest absolute Gasteiger partial charge is 0.109 e. The van der Waals surface area contributed by atoms with Crippen LogP contribution in [0.25, 0.3) is 0 Å². The molecule has 0 spiro atoms. The Morgan fingerprint density at radius 1 is 1.58 bits per heavy atom. The van der Waals surface area contributed by atoms with Gasteiger partial charge in [-0.1, -0.05) is 5.18 Å². The van der Waals surface area contributed by atoms with Crippen molar-refractivity contribution in [2.75, 3.05) is 13.1 Å². The topological polar surface area (TPSA) is 67.5 Å². The van der Waals surface area contributed by atoms with E-state index in [-0.39, 0.29) is 6.04 Å². The lowest BCUT2D eigenvalue weighted by Gasteiger charge is -2.16. The second kappa shape index (κ2) is 5.22. The molecule has 0 aliphatic rings. The number of nitroso groups, excluding NO2 is 1. The van der Waals surface area contributed by atoms with Gasteiger partial charge in [-0.15, -0.1) is 0 Å². The Balaban J connectivity index is 3.37. The summed E-state index contributed by atoms with van der Waals surface area (Å²) in [5.74, 6) is 0. The Morgan fingerprint density at radius 2 is 2.17 bits per heavy atom. The van der Waals surface area contributed by atoms with Gasteiger partial charge in [0.25, 0.3) is 0 Å². The predicted octanol–water partition coefficient (Wildman–Crippen LogP) is 0.858. The van der Waals surface area contributed by atoms with Crippen molar-refractivity contribution >= 4 is 0 Å². The first-order valence-electron chi connectivity index (χ1n) is 4.29. The van der Waals surface area contributed by atoms with Crippen LogP contribution >= 0.6 is 0 Å². The van der Waals surface area contributed by atoms with Crippen molar-refractivity contribution in [3.8, 4) is 0 Å². The number of hydrogen-bond acceptors (Lipinski definition) is 4. The van der Waals surface area contributed by atoms with E-state index in [2.05, 4.69) is 10.5 Å². The summed E-state index contributed by atoms with van der Waals surface area (Å²) in [5.41, 5.74) is 5.05. The molecule has 0 saturated heterocycles. The molecule has 0 amide bonds. The van der Waals surface area contributed by atoms with E-state index in [1.54, 1.807) is 13.8 Å². The molecule has 1 atom stereocenters. The average molecular weight is 173 g/mol. The fourth-order valence-electron chi connectivity index (χ4n) is 0.756. The Morgan fingerprint density at radius 3 is 2.58 bits per heavy atom. The molecule has 0 fully saturated rings. The summed E-state index contributed by atoms with van der Waals surface area (Å²) < 4.78 is 0. The second-order valence-corrected chi connectivity index (χ2v) is 3.85. The van der Waals surface area contributed by atoms with E-state index in [0.29, 0.717) is 6.54 Å². The Bertz CT molecular complexity index is 134. The highest BCUT2D eigenvalue weighted by molar-refractivity contribution is 4.79. The lowest BCUT2D eigenvalue weighted by Crippen LogP contribution is -2.35. The first-order valence-corrected chi connectivity index (χ1v) is 4.29. The normalized spacial score (nSPS) is 14.3. The molecule has 1 unspecified atom stereocenters. The van der Waals surface area contributed by atoms with Crippen molar-refractivity contribution in [1.29, 1.82) is 0 Å². The Hall–Kier alpha value is -0.480. The maximum Gasteiger partial charge on any atom is 0.109 e. The molecule has 0 aliphatic carbocycles. The van der Waals surface area contributed by atoms with E-state index < -0.39 is 5.54 Å². The first-order chi connectivity index (χ1) is 5.48. The summed E-state index contributed by atoms with van der Waals surface area (Å²) in [6.45, 7) is 7.03. The van der Waals surface area contributed by atoms with Crippen molar-refractivity contribution in [2.24, 2.45) is 10.9 Å². The van der Waals surface area contributed by atoms with Crippen LogP contribution in [0.2, 0.25) is 0 Å². The molecule has 3 N–H and O–H groups in total. The third-order valence-corrected chi connectivity index (χ3v) is 1.58. The van der Waals surface area contributed by atoms with E-state index in [1.165, 1.54) is 0 Å². The largest absolute Gasteiger partial charge is 0.328 e. The molecule has 72 valence electrons. The van der Waals surface area contributed by atoms with E-state index >= 15 is 0 Å². The van der Waals surface area contributed by atoms with Gasteiger partial charge in [0.2, 0.25) is 0 Å². The summed E-state index contributed by atoms with van der Waals surface area (Å²) in [5, 5.41) is 6.13. The maximum absolute atomic E-state index is 10.2. The first kappa shape index (κ1) is 11.5. The van der Waals surface area contributed by atoms with Gasteiger partial charge in [0.05, 0.1) is 0 Å². The van der Waals surface area contributed by atoms with E-state index in [0.717, 1.165) is 13.0 Å². The highest BCUT2D eigenvalue weighted by Crippen LogP contribution is 2.05. The summed E-state index contributed by atoms with van der Waals surface area (Å²) in [6, 6.07) is 0.213. The minimum atomic E-state index is -0.502. The summed E-state index contributed by atoms with van der Waals surface area (Å²) in [4.78, 5) is 10.2. The second-order valence-electron chi connectivity index (χ2n) is 3.85. The minimum Gasteiger partial charge on any atom is -0.328 e. The van der Waals surface area contributed by atoms with Crippen LogP contribution < -0.4 is 11.1 Å². The highest BCUT2D eigenvalue weighted by Gasteiger charge is 2.16. The molecule has 0 radical (unpaired) electrons. The van der Waals surface area contributed by atoms with Crippen LogP contribution in [-0.2, 0) is 0 Å². The van der Waals surface area contributed by atoms with Crippen molar-refractivity contribution in [3.05, 3.63) is 4.91 Å². The monoisotopic (exact) mass is 173 g/mol. The van der Waals surface area contributed by atoms with Gasteiger partial charge in [-0.05, 0) is 33.7 Å². The van der Waals surface area contributed by atoms with Gasteiger partial charge in [0.1, 0.15) is 5.54 Å². The van der Waals surface area contributed by atoms with Gasteiger partial charge in [-0.3, -0.25) is 0 Å². The summed E-state index contributed by atoms with van der Waals surface area (Å²) in [6.07, 6.45) is 0.926. The van der Waals surface area contributed by atoms with Crippen LogP contribution in [0.15, 0.2) is 5.18 Å². The molecule has 0 aromatic rings. The van der Waals surface area contributed by atoms with Gasteiger partial charge in [0.15, 0.2) is 0 Å². The molecular formula is C8H19N3O. The van der Waals surface area contributed by atoms with Crippen LogP contribution in [0.4, 0.5) is 0 Å². The molecule has 0 saturated carbocycles. The third-order valence-electron chi connectivity index (χ3n) is 1.58. The Labute approximate surface area is 73.9 Å². The number of rotatable bonds is 6. The lowest BCUT2D eigenvalue weighted by atomic mass is 10.1. The van der Waals surface area contributed by atoms with E-state index in [9.17, 15) is 4.91 Å². The van der Waals surface area contributed by atoms with Gasteiger partial charge < -0.3 is 11.1 Å². The van der Waals surface area contributed by atoms with Crippen LogP contribution in [-0.4, -0.2) is 24.7 Å². The van der Waals surface area contributed by atoms with Crippen molar-refractivity contribution in [2.45, 2.75) is 38.8 Å². The van der Waals surface area contributed by atoms with Crippen molar-refractivity contribution in [1.82, 2.24) is 5.32 Å². The standard InChI is InChI=1S/C8H19N3O/c1-7(9)4-5-10-6-8(2,3)11-12/h7,10H,4-6,9H2,1-3H3. The Kier molecular flexibility index (Phi) is 5.01. The van der Waals surface area contributed by atoms with E-state index in [1.807, 2.05) is 6.92 Å². The molecule has 0 aromatic carbocycles. The van der Waals surface area contributed by atoms with Crippen LogP contribution in [0.3, 0.4) is 0 Å². The minimum absolute atomic E-state index is 0.213. The average Bonchev–Trinajstić information content (AvgIpc) is 1.98. The number of hydrogen-bond donors (Lipinski definition) is 2. The third kappa shape index (κ3) is 6.24. The zero-order valence-corrected chi connectivity index (χ0v) is 8.13. The number of nitrogens with one attached hydrogen (secondary N) is 1. The predicted molar refractivity (Wildman–Crippen MR) is 51.0 cm³/mol. The van der Waals surface area contributed by atoms with Crippen molar-refractivity contribution in [3.63, 3.8) is 0 Å². The van der Waals surface area contributed by atoms with Gasteiger partial charge in [-0.2, -0.15) is 4.91 Å². The molecule has 12 heavy (non-hydrogen) atoms. The molecule has 4 nitrogen and oxygen atoms in total. The quantitative estimate of drug-likeness (QED) is 0.462. The van der Waals surface area contributed by atoms with Gasteiger partial charge >= 0.3 is 0 Å². The van der Waals surface area contributed by atoms with Gasteiger partial charge in [-0.25, -0.2) is 0 Å². The zero-order valence-electron chi connectivity index (χ0n) is 8.13. The summed E-state index contributed by atoms with van der Waals surface area (Å²) in [7, 11) is 0. The molecule has 0 heterocycles. The molecular weight excluding hydrogens is 154 g/mol. The molecule has 0 bridgehead atoms. The lowest BCUT2D eigenvalue weighted by molar-refractivity contribution is 0.456.